The minimum absolute atomic E-state index is 0.0332. The topological polar surface area (TPSA) is 61.9 Å². The van der Waals surface area contributed by atoms with Gasteiger partial charge in [-0.15, -0.1) is 0 Å². The van der Waals surface area contributed by atoms with Gasteiger partial charge in [-0.2, -0.15) is 0 Å². The van der Waals surface area contributed by atoms with E-state index < -0.39 is 5.60 Å². The summed E-state index contributed by atoms with van der Waals surface area (Å²) in [6.07, 6.45) is 4.30. The van der Waals surface area contributed by atoms with Crippen molar-refractivity contribution in [2.45, 2.75) is 70.6 Å². The highest BCUT2D eigenvalue weighted by molar-refractivity contribution is 5.89. The molecule has 2 heterocycles. The fourth-order valence-electron chi connectivity index (χ4n) is 4.08. The number of nitrogens with one attached hydrogen (secondary N) is 1. The monoisotopic (exact) mass is 391 g/mol. The predicted octanol–water partition coefficient (Wildman–Crippen LogP) is 4.61. The molecule has 2 atom stereocenters. The van der Waals surface area contributed by atoms with Crippen LogP contribution in [0.1, 0.15) is 52.9 Å². The van der Waals surface area contributed by atoms with Crippen LogP contribution in [0.2, 0.25) is 0 Å². The zero-order chi connectivity index (χ0) is 20.3. The number of carbonyl (C=O) groups is 2. The molecule has 0 aromatic heterocycles. The van der Waals surface area contributed by atoms with Crippen molar-refractivity contribution in [1.29, 1.82) is 0 Å². The van der Waals surface area contributed by atoms with Gasteiger partial charge in [-0.3, -0.25) is 0 Å². The minimum Gasteiger partial charge on any atom is -0.444 e. The van der Waals surface area contributed by atoms with Crippen molar-refractivity contribution in [2.24, 2.45) is 0 Å². The molecule has 154 valence electrons. The van der Waals surface area contributed by atoms with Crippen molar-refractivity contribution in [3.8, 4) is 0 Å². The number of hydrogen-bond donors (Lipinski definition) is 1. The molecule has 2 unspecified atom stereocenters. The Morgan fingerprint density at radius 1 is 1.00 bits per heavy atom. The second-order valence-corrected chi connectivity index (χ2v) is 8.58. The van der Waals surface area contributed by atoms with E-state index in [0.29, 0.717) is 18.8 Å². The molecule has 1 aromatic carbocycles. The van der Waals surface area contributed by atoms with E-state index in [0.717, 1.165) is 32.1 Å². The molecule has 0 aliphatic carbocycles. The second kappa shape index (κ2) is 8.37. The van der Waals surface area contributed by atoms with Gasteiger partial charge in [0.1, 0.15) is 11.4 Å². The van der Waals surface area contributed by atoms with Gasteiger partial charge in [0.25, 0.3) is 0 Å². The van der Waals surface area contributed by atoms with Gasteiger partial charge in [-0.05, 0) is 77.1 Å². The van der Waals surface area contributed by atoms with Crippen LogP contribution in [0.3, 0.4) is 0 Å². The summed E-state index contributed by atoms with van der Waals surface area (Å²) in [6.45, 7) is 6.89. The van der Waals surface area contributed by atoms with Crippen molar-refractivity contribution in [3.05, 3.63) is 30.1 Å². The van der Waals surface area contributed by atoms with Crippen LogP contribution in [0.15, 0.2) is 24.3 Å². The van der Waals surface area contributed by atoms with Gasteiger partial charge in [0.15, 0.2) is 0 Å². The lowest BCUT2D eigenvalue weighted by Crippen LogP contribution is -2.56. The highest BCUT2D eigenvalue weighted by Gasteiger charge is 2.41. The van der Waals surface area contributed by atoms with Crippen LogP contribution in [0.25, 0.3) is 0 Å². The smallest absolute Gasteiger partial charge is 0.410 e. The molecule has 2 saturated heterocycles. The molecular weight excluding hydrogens is 361 g/mol. The highest BCUT2D eigenvalue weighted by Crippen LogP contribution is 2.31. The van der Waals surface area contributed by atoms with Gasteiger partial charge in [0.05, 0.1) is 12.1 Å². The molecule has 3 amide bonds. The van der Waals surface area contributed by atoms with Gasteiger partial charge in [0, 0.05) is 18.8 Å². The average Bonchev–Trinajstić information content (AvgIpc) is 3.12. The van der Waals surface area contributed by atoms with E-state index in [2.05, 4.69) is 5.32 Å². The summed E-state index contributed by atoms with van der Waals surface area (Å²) >= 11 is 0. The maximum absolute atomic E-state index is 13.1. The lowest BCUT2D eigenvalue weighted by molar-refractivity contribution is 0.0121. The Balaban J connectivity index is 1.71. The van der Waals surface area contributed by atoms with E-state index in [1.165, 1.54) is 12.1 Å². The standard InChI is InChI=1S/C21H30FN3O3/c1-21(2,3)28-20(27)25-14-6-8-18(25)17-7-4-5-13-24(17)19(26)23-16-11-9-15(22)10-12-16/h9-12,17-18H,4-8,13-14H2,1-3H3,(H,23,26). The lowest BCUT2D eigenvalue weighted by atomic mass is 9.94. The zero-order valence-electron chi connectivity index (χ0n) is 16.9. The molecule has 1 N–H and O–H groups in total. The predicted molar refractivity (Wildman–Crippen MR) is 106 cm³/mol. The number of amides is 3. The molecule has 2 fully saturated rings. The van der Waals surface area contributed by atoms with E-state index >= 15 is 0 Å². The molecule has 7 heteroatoms. The third kappa shape index (κ3) is 4.94. The van der Waals surface area contributed by atoms with Crippen molar-refractivity contribution >= 4 is 17.8 Å². The SMILES string of the molecule is CC(C)(C)OC(=O)N1CCCC1C1CCCCN1C(=O)Nc1ccc(F)cc1. The number of hydrogen-bond acceptors (Lipinski definition) is 3. The van der Waals surface area contributed by atoms with Crippen LogP contribution in [0, 0.1) is 5.82 Å². The van der Waals surface area contributed by atoms with E-state index in [1.54, 1.807) is 17.0 Å². The average molecular weight is 391 g/mol. The zero-order valence-corrected chi connectivity index (χ0v) is 16.9. The highest BCUT2D eigenvalue weighted by atomic mass is 19.1. The molecule has 2 aliphatic heterocycles. The van der Waals surface area contributed by atoms with Gasteiger partial charge in [-0.25, -0.2) is 14.0 Å². The number of likely N-dealkylation sites (tertiary alicyclic amines) is 2. The molecule has 6 nitrogen and oxygen atoms in total. The van der Waals surface area contributed by atoms with Crippen molar-refractivity contribution in [2.75, 3.05) is 18.4 Å². The fraction of sp³-hybridized carbons (Fsp3) is 0.619. The first-order chi connectivity index (χ1) is 13.2. The summed E-state index contributed by atoms with van der Waals surface area (Å²) in [5, 5.41) is 2.86. The Hall–Kier alpha value is -2.31. The number of carbonyl (C=O) groups excluding carboxylic acids is 2. The lowest BCUT2D eigenvalue weighted by Gasteiger charge is -2.42. The van der Waals surface area contributed by atoms with Crippen LogP contribution in [-0.2, 0) is 4.74 Å². The normalized spacial score (nSPS) is 22.9. The largest absolute Gasteiger partial charge is 0.444 e. The number of piperidine rings is 1. The molecule has 0 bridgehead atoms. The summed E-state index contributed by atoms with van der Waals surface area (Å²) in [6, 6.07) is 5.48. The van der Waals surface area contributed by atoms with Crippen LogP contribution in [0.5, 0.6) is 0 Å². The minimum atomic E-state index is -0.545. The van der Waals surface area contributed by atoms with Crippen LogP contribution >= 0.6 is 0 Å². The second-order valence-electron chi connectivity index (χ2n) is 8.58. The third-order valence-electron chi connectivity index (χ3n) is 5.28. The fourth-order valence-corrected chi connectivity index (χ4v) is 4.08. The maximum Gasteiger partial charge on any atom is 0.410 e. The molecule has 28 heavy (non-hydrogen) atoms. The van der Waals surface area contributed by atoms with Crippen LogP contribution in [0.4, 0.5) is 19.7 Å². The van der Waals surface area contributed by atoms with Crippen molar-refractivity contribution in [1.82, 2.24) is 9.80 Å². The number of anilines is 1. The molecule has 2 aliphatic rings. The Morgan fingerprint density at radius 2 is 1.61 bits per heavy atom. The summed E-state index contributed by atoms with van der Waals surface area (Å²) < 4.78 is 18.7. The Bertz CT molecular complexity index is 702. The summed E-state index contributed by atoms with van der Waals surface area (Å²) in [5.74, 6) is -0.340. The van der Waals surface area contributed by atoms with Gasteiger partial charge >= 0.3 is 12.1 Å². The first-order valence-electron chi connectivity index (χ1n) is 10.1. The van der Waals surface area contributed by atoms with E-state index in [9.17, 15) is 14.0 Å². The van der Waals surface area contributed by atoms with Crippen LogP contribution in [-0.4, -0.2) is 52.7 Å². The maximum atomic E-state index is 13.1. The van der Waals surface area contributed by atoms with E-state index in [-0.39, 0.29) is 30.0 Å². The summed E-state index contributed by atoms with van der Waals surface area (Å²) in [4.78, 5) is 29.2. The number of rotatable bonds is 2. The summed E-state index contributed by atoms with van der Waals surface area (Å²) in [5.41, 5.74) is 0.0160. The van der Waals surface area contributed by atoms with Gasteiger partial charge < -0.3 is 19.9 Å². The Labute approximate surface area is 166 Å². The van der Waals surface area contributed by atoms with Crippen molar-refractivity contribution in [3.63, 3.8) is 0 Å². The van der Waals surface area contributed by atoms with E-state index in [1.807, 2.05) is 25.7 Å². The first kappa shape index (κ1) is 20.4. The number of urea groups is 1. The molecule has 3 rings (SSSR count). The molecule has 0 radical (unpaired) electrons. The molecule has 0 saturated carbocycles. The third-order valence-corrected chi connectivity index (χ3v) is 5.28. The van der Waals surface area contributed by atoms with Crippen LogP contribution < -0.4 is 5.32 Å². The molecular formula is C21H30FN3O3. The number of ether oxygens (including phenoxy) is 1. The van der Waals surface area contributed by atoms with Gasteiger partial charge in [0.2, 0.25) is 0 Å². The van der Waals surface area contributed by atoms with Gasteiger partial charge in [-0.1, -0.05) is 0 Å². The molecule has 0 spiro atoms. The Morgan fingerprint density at radius 3 is 2.29 bits per heavy atom. The number of benzene rings is 1. The first-order valence-corrected chi connectivity index (χ1v) is 10.1. The molecule has 1 aromatic rings. The van der Waals surface area contributed by atoms with E-state index in [4.69, 9.17) is 4.74 Å². The van der Waals surface area contributed by atoms with Crippen molar-refractivity contribution < 1.29 is 18.7 Å². The summed E-state index contributed by atoms with van der Waals surface area (Å²) in [7, 11) is 0. The number of nitrogens with zero attached hydrogens (tertiary/aromatic N) is 2. The Kier molecular flexibility index (Phi) is 6.10. The quantitative estimate of drug-likeness (QED) is 0.801. The number of halogens is 1.